The number of hydrogen-bond acceptors (Lipinski definition) is 4. The van der Waals surface area contributed by atoms with Crippen LogP contribution in [-0.2, 0) is 0 Å². The number of nitrogens with zero attached hydrogens (tertiary/aromatic N) is 1. The fourth-order valence-corrected chi connectivity index (χ4v) is 0.658. The number of anilines is 2. The van der Waals surface area contributed by atoms with Gasteiger partial charge in [-0.2, -0.15) is 0 Å². The van der Waals surface area contributed by atoms with Crippen molar-refractivity contribution in [2.75, 3.05) is 11.1 Å². The first kappa shape index (κ1) is 8.28. The van der Waals surface area contributed by atoms with Crippen LogP contribution in [0.3, 0.4) is 0 Å². The Kier molecular flexibility index (Phi) is 2.44. The molecule has 0 aliphatic heterocycles. The van der Waals surface area contributed by atoms with Crippen LogP contribution >= 0.6 is 0 Å². The Hall–Kier alpha value is -1.82. The van der Waals surface area contributed by atoms with Gasteiger partial charge < -0.3 is 5.73 Å². The standard InChI is InChI=1S/C6H8N4O2/c7-4-2-1-3-8-5(4)9-6(11)10-12/h1-3,12H,7H2,(H2,8,9,10,11). The summed E-state index contributed by atoms with van der Waals surface area (Å²) < 4.78 is 0. The van der Waals surface area contributed by atoms with Crippen molar-refractivity contribution in [3.05, 3.63) is 18.3 Å². The number of hydroxylamine groups is 1. The molecule has 0 radical (unpaired) electrons. The molecular weight excluding hydrogens is 160 g/mol. The van der Waals surface area contributed by atoms with E-state index in [0.29, 0.717) is 5.69 Å². The predicted molar refractivity (Wildman–Crippen MR) is 42.6 cm³/mol. The van der Waals surface area contributed by atoms with E-state index in [1.54, 1.807) is 12.1 Å². The second-order valence-electron chi connectivity index (χ2n) is 2.01. The molecule has 0 spiro atoms. The van der Waals surface area contributed by atoms with Crippen LogP contribution in [-0.4, -0.2) is 16.2 Å². The molecule has 0 saturated heterocycles. The average Bonchev–Trinajstić information content (AvgIpc) is 2.09. The van der Waals surface area contributed by atoms with E-state index >= 15 is 0 Å². The van der Waals surface area contributed by atoms with Gasteiger partial charge in [-0.05, 0) is 12.1 Å². The van der Waals surface area contributed by atoms with Crippen LogP contribution in [0, 0.1) is 0 Å². The quantitative estimate of drug-likeness (QED) is 0.355. The van der Waals surface area contributed by atoms with E-state index in [0.717, 1.165) is 0 Å². The average molecular weight is 168 g/mol. The van der Waals surface area contributed by atoms with Crippen LogP contribution in [0.5, 0.6) is 0 Å². The van der Waals surface area contributed by atoms with E-state index in [1.165, 1.54) is 11.7 Å². The van der Waals surface area contributed by atoms with Gasteiger partial charge in [0.1, 0.15) is 0 Å². The highest BCUT2D eigenvalue weighted by atomic mass is 16.5. The van der Waals surface area contributed by atoms with E-state index in [9.17, 15) is 4.79 Å². The van der Waals surface area contributed by atoms with Gasteiger partial charge in [0.05, 0.1) is 5.69 Å². The van der Waals surface area contributed by atoms with Crippen molar-refractivity contribution in [3.63, 3.8) is 0 Å². The molecule has 0 bridgehead atoms. The van der Waals surface area contributed by atoms with Gasteiger partial charge in [-0.3, -0.25) is 10.5 Å². The maximum absolute atomic E-state index is 10.6. The van der Waals surface area contributed by atoms with Gasteiger partial charge in [0.2, 0.25) is 0 Å². The first-order valence-electron chi connectivity index (χ1n) is 3.15. The molecule has 5 N–H and O–H groups in total. The van der Waals surface area contributed by atoms with Gasteiger partial charge in [0.15, 0.2) is 5.82 Å². The van der Waals surface area contributed by atoms with Gasteiger partial charge in [0, 0.05) is 6.20 Å². The molecule has 6 heteroatoms. The van der Waals surface area contributed by atoms with E-state index < -0.39 is 6.03 Å². The molecule has 0 unspecified atom stereocenters. The maximum Gasteiger partial charge on any atom is 0.344 e. The van der Waals surface area contributed by atoms with Crippen LogP contribution in [0.2, 0.25) is 0 Å². The van der Waals surface area contributed by atoms with Crippen LogP contribution in [0.4, 0.5) is 16.3 Å². The molecule has 1 aromatic rings. The van der Waals surface area contributed by atoms with E-state index in [-0.39, 0.29) is 5.82 Å². The zero-order valence-electron chi connectivity index (χ0n) is 6.11. The zero-order chi connectivity index (χ0) is 8.97. The number of urea groups is 1. The Morgan fingerprint density at radius 3 is 3.00 bits per heavy atom. The fraction of sp³-hybridized carbons (Fsp3) is 0. The van der Waals surface area contributed by atoms with Crippen LogP contribution in [0.25, 0.3) is 0 Å². The second kappa shape index (κ2) is 3.54. The largest absolute Gasteiger partial charge is 0.396 e. The van der Waals surface area contributed by atoms with E-state index in [2.05, 4.69) is 10.3 Å². The normalized spacial score (nSPS) is 9.08. The van der Waals surface area contributed by atoms with E-state index in [1.807, 2.05) is 0 Å². The van der Waals surface area contributed by atoms with E-state index in [4.69, 9.17) is 10.9 Å². The number of rotatable bonds is 1. The molecular formula is C6H8N4O2. The summed E-state index contributed by atoms with van der Waals surface area (Å²) in [5.41, 5.74) is 7.17. The second-order valence-corrected chi connectivity index (χ2v) is 2.01. The Balaban J connectivity index is 2.75. The number of nitrogen functional groups attached to an aromatic ring is 1. The Labute approximate surface area is 68.4 Å². The number of carbonyl (C=O) groups is 1. The molecule has 0 aromatic carbocycles. The summed E-state index contributed by atoms with van der Waals surface area (Å²) in [7, 11) is 0. The minimum Gasteiger partial charge on any atom is -0.396 e. The summed E-state index contributed by atoms with van der Waals surface area (Å²) in [6.45, 7) is 0. The molecule has 2 amide bonds. The molecule has 6 nitrogen and oxygen atoms in total. The smallest absolute Gasteiger partial charge is 0.344 e. The molecule has 0 aliphatic rings. The lowest BCUT2D eigenvalue weighted by Crippen LogP contribution is -2.26. The number of pyridine rings is 1. The van der Waals surface area contributed by atoms with Crippen LogP contribution in [0.15, 0.2) is 18.3 Å². The molecule has 1 aromatic heterocycles. The minimum atomic E-state index is -0.777. The third-order valence-electron chi connectivity index (χ3n) is 1.17. The number of carbonyl (C=O) groups excluding carboxylic acids is 1. The highest BCUT2D eigenvalue weighted by Crippen LogP contribution is 2.11. The molecule has 1 heterocycles. The molecule has 12 heavy (non-hydrogen) atoms. The van der Waals surface area contributed by atoms with Crippen LogP contribution < -0.4 is 16.5 Å². The summed E-state index contributed by atoms with van der Waals surface area (Å²) in [6, 6.07) is 2.44. The highest BCUT2D eigenvalue weighted by molar-refractivity contribution is 5.90. The van der Waals surface area contributed by atoms with Gasteiger partial charge in [-0.1, -0.05) is 0 Å². The third-order valence-corrected chi connectivity index (χ3v) is 1.17. The lowest BCUT2D eigenvalue weighted by atomic mass is 10.4. The molecule has 1 rings (SSSR count). The zero-order valence-corrected chi connectivity index (χ0v) is 6.11. The van der Waals surface area contributed by atoms with Gasteiger partial charge >= 0.3 is 6.03 Å². The van der Waals surface area contributed by atoms with Crippen LogP contribution in [0.1, 0.15) is 0 Å². The Morgan fingerprint density at radius 2 is 2.42 bits per heavy atom. The predicted octanol–water partition coefficient (Wildman–Crippen LogP) is 0.175. The van der Waals surface area contributed by atoms with Crippen molar-refractivity contribution in [3.8, 4) is 0 Å². The highest BCUT2D eigenvalue weighted by Gasteiger charge is 2.02. The number of hydrogen-bond donors (Lipinski definition) is 4. The maximum atomic E-state index is 10.6. The number of aromatic nitrogens is 1. The Bertz CT molecular complexity index is 289. The van der Waals surface area contributed by atoms with Crippen molar-refractivity contribution in [1.29, 1.82) is 0 Å². The van der Waals surface area contributed by atoms with Crippen molar-refractivity contribution < 1.29 is 10.0 Å². The minimum absolute atomic E-state index is 0.212. The van der Waals surface area contributed by atoms with Crippen molar-refractivity contribution >= 4 is 17.5 Å². The Morgan fingerprint density at radius 1 is 1.67 bits per heavy atom. The summed E-state index contributed by atoms with van der Waals surface area (Å²) in [6.07, 6.45) is 1.48. The third kappa shape index (κ3) is 1.83. The number of nitrogens with one attached hydrogen (secondary N) is 2. The van der Waals surface area contributed by atoms with Gasteiger partial charge in [0.25, 0.3) is 0 Å². The summed E-state index contributed by atoms with van der Waals surface area (Å²) in [4.78, 5) is 14.3. The molecule has 64 valence electrons. The van der Waals surface area contributed by atoms with Crippen molar-refractivity contribution in [2.45, 2.75) is 0 Å². The van der Waals surface area contributed by atoms with Crippen molar-refractivity contribution in [1.82, 2.24) is 10.5 Å². The molecule has 0 aliphatic carbocycles. The topological polar surface area (TPSA) is 100 Å². The monoisotopic (exact) mass is 168 g/mol. The first-order chi connectivity index (χ1) is 5.74. The summed E-state index contributed by atoms with van der Waals surface area (Å²) in [5.74, 6) is 0.212. The fourth-order valence-electron chi connectivity index (χ4n) is 0.658. The molecule has 0 saturated carbocycles. The SMILES string of the molecule is Nc1cccnc1NC(=O)NO. The van der Waals surface area contributed by atoms with Crippen molar-refractivity contribution in [2.24, 2.45) is 0 Å². The van der Waals surface area contributed by atoms with Gasteiger partial charge in [-0.25, -0.2) is 15.3 Å². The summed E-state index contributed by atoms with van der Waals surface area (Å²) >= 11 is 0. The lowest BCUT2D eigenvalue weighted by Gasteiger charge is -2.03. The summed E-state index contributed by atoms with van der Waals surface area (Å²) in [5, 5.41) is 10.4. The molecule has 0 atom stereocenters. The lowest BCUT2D eigenvalue weighted by molar-refractivity contribution is 0.172. The van der Waals surface area contributed by atoms with Gasteiger partial charge in [-0.15, -0.1) is 0 Å². The molecule has 0 fully saturated rings. The first-order valence-corrected chi connectivity index (χ1v) is 3.15. The number of nitrogens with two attached hydrogens (primary N) is 1. The number of amides is 2.